The Hall–Kier alpha value is -1.57. The summed E-state index contributed by atoms with van der Waals surface area (Å²) >= 11 is 0. The maximum atomic E-state index is 3.90. The van der Waals surface area contributed by atoms with E-state index < -0.39 is 0 Å². The zero-order valence-corrected chi connectivity index (χ0v) is 10.4. The Labute approximate surface area is 98.3 Å². The van der Waals surface area contributed by atoms with Crippen LogP contribution in [0, 0.1) is 0 Å². The Morgan fingerprint density at radius 2 is 1.75 bits per heavy atom. The molecule has 0 aromatic heterocycles. The number of hydrogen-bond acceptors (Lipinski definition) is 2. The van der Waals surface area contributed by atoms with Gasteiger partial charge in [0.1, 0.15) is 0 Å². The molecular weight excluding hydrogens is 196 g/mol. The average molecular weight is 216 g/mol. The van der Waals surface area contributed by atoms with Crippen LogP contribution in [-0.4, -0.2) is 26.4 Å². The molecule has 86 valence electrons. The van der Waals surface area contributed by atoms with E-state index >= 15 is 0 Å². The van der Waals surface area contributed by atoms with E-state index in [1.54, 1.807) is 13.3 Å². The van der Waals surface area contributed by atoms with Crippen LogP contribution in [0.4, 0.5) is 5.69 Å². The van der Waals surface area contributed by atoms with Crippen LogP contribution in [0.3, 0.4) is 0 Å². The first-order chi connectivity index (χ1) is 7.81. The molecule has 0 saturated carbocycles. The summed E-state index contributed by atoms with van der Waals surface area (Å²) in [5.74, 6) is 0. The van der Waals surface area contributed by atoms with Gasteiger partial charge in [-0.1, -0.05) is 18.2 Å². The van der Waals surface area contributed by atoms with Crippen molar-refractivity contribution in [1.29, 1.82) is 0 Å². The Balaban J connectivity index is 2.74. The quantitative estimate of drug-likeness (QED) is 0.690. The van der Waals surface area contributed by atoms with Crippen molar-refractivity contribution in [3.8, 4) is 0 Å². The van der Waals surface area contributed by atoms with Gasteiger partial charge in [-0.3, -0.25) is 4.99 Å². The Morgan fingerprint density at radius 1 is 1.12 bits per heavy atom. The predicted octanol–water partition coefficient (Wildman–Crippen LogP) is 3.25. The van der Waals surface area contributed by atoms with Gasteiger partial charge in [0.15, 0.2) is 0 Å². The lowest BCUT2D eigenvalue weighted by molar-refractivity contribution is 0.866. The summed E-state index contributed by atoms with van der Waals surface area (Å²) in [6.45, 7) is 6.45. The molecule has 0 aliphatic rings. The van der Waals surface area contributed by atoms with E-state index in [4.69, 9.17) is 0 Å². The Morgan fingerprint density at radius 3 is 2.25 bits per heavy atom. The maximum absolute atomic E-state index is 3.90. The summed E-state index contributed by atoms with van der Waals surface area (Å²) in [4.78, 5) is 6.24. The number of hydrogen-bond donors (Lipinski definition) is 0. The summed E-state index contributed by atoms with van der Waals surface area (Å²) in [5.41, 5.74) is 2.49. The van der Waals surface area contributed by atoms with Crippen molar-refractivity contribution < 1.29 is 0 Å². The van der Waals surface area contributed by atoms with Gasteiger partial charge in [0.2, 0.25) is 0 Å². The molecule has 0 amide bonds. The number of allylic oxidation sites excluding steroid dienone is 1. The minimum Gasteiger partial charge on any atom is -0.372 e. The zero-order chi connectivity index (χ0) is 11.8. The molecule has 1 aromatic carbocycles. The fourth-order valence-electron chi connectivity index (χ4n) is 1.63. The number of nitrogens with zero attached hydrogens (tertiary/aromatic N) is 2. The lowest BCUT2D eigenvalue weighted by Gasteiger charge is -2.20. The molecule has 16 heavy (non-hydrogen) atoms. The highest BCUT2D eigenvalue weighted by Crippen LogP contribution is 2.15. The summed E-state index contributed by atoms with van der Waals surface area (Å²) < 4.78 is 0. The van der Waals surface area contributed by atoms with Crippen molar-refractivity contribution in [2.75, 3.05) is 25.0 Å². The largest absolute Gasteiger partial charge is 0.372 e. The topological polar surface area (TPSA) is 15.6 Å². The van der Waals surface area contributed by atoms with Crippen molar-refractivity contribution in [2.24, 2.45) is 4.99 Å². The molecule has 0 bridgehead atoms. The number of anilines is 1. The summed E-state index contributed by atoms with van der Waals surface area (Å²) in [7, 11) is 1.77. The van der Waals surface area contributed by atoms with Gasteiger partial charge < -0.3 is 4.90 Å². The standard InChI is InChI=1S/C14H20N2/c1-4-16(5-2)14-10-8-13(9-11-14)7-6-12-15-3/h6-12H,4-5H2,1-3H3/b7-6+,15-12?. The van der Waals surface area contributed by atoms with Crippen LogP contribution in [0.15, 0.2) is 35.3 Å². The Kier molecular flexibility index (Phi) is 5.34. The van der Waals surface area contributed by atoms with Crippen molar-refractivity contribution in [1.82, 2.24) is 0 Å². The molecule has 2 heteroatoms. The predicted molar refractivity (Wildman–Crippen MR) is 73.5 cm³/mol. The molecule has 0 unspecified atom stereocenters. The normalized spacial score (nSPS) is 11.4. The van der Waals surface area contributed by atoms with Gasteiger partial charge in [-0.2, -0.15) is 0 Å². The van der Waals surface area contributed by atoms with Crippen LogP contribution >= 0.6 is 0 Å². The number of rotatable bonds is 5. The number of aliphatic imine (C=N–C) groups is 1. The molecule has 0 N–H and O–H groups in total. The first kappa shape index (κ1) is 12.5. The molecule has 0 fully saturated rings. The second-order valence-corrected chi connectivity index (χ2v) is 3.53. The highest BCUT2D eigenvalue weighted by Gasteiger charge is 1.99. The van der Waals surface area contributed by atoms with Gasteiger partial charge >= 0.3 is 0 Å². The monoisotopic (exact) mass is 216 g/mol. The Bertz CT molecular complexity index is 346. The zero-order valence-electron chi connectivity index (χ0n) is 10.4. The fraction of sp³-hybridized carbons (Fsp3) is 0.357. The minimum atomic E-state index is 1.05. The van der Waals surface area contributed by atoms with Crippen LogP contribution in [-0.2, 0) is 0 Å². The third kappa shape index (κ3) is 3.54. The van der Waals surface area contributed by atoms with Gasteiger partial charge in [0.25, 0.3) is 0 Å². The van der Waals surface area contributed by atoms with Crippen molar-refractivity contribution in [3.63, 3.8) is 0 Å². The highest BCUT2D eigenvalue weighted by atomic mass is 15.1. The summed E-state index contributed by atoms with van der Waals surface area (Å²) in [5, 5.41) is 0. The highest BCUT2D eigenvalue weighted by molar-refractivity contribution is 5.78. The van der Waals surface area contributed by atoms with E-state index in [1.807, 2.05) is 6.08 Å². The van der Waals surface area contributed by atoms with Gasteiger partial charge in [-0.05, 0) is 37.6 Å². The second-order valence-electron chi connectivity index (χ2n) is 3.53. The van der Waals surface area contributed by atoms with Crippen molar-refractivity contribution in [2.45, 2.75) is 13.8 Å². The van der Waals surface area contributed by atoms with Crippen molar-refractivity contribution >= 4 is 18.0 Å². The molecule has 2 nitrogen and oxygen atoms in total. The third-order valence-electron chi connectivity index (χ3n) is 2.55. The van der Waals surface area contributed by atoms with E-state index in [0.717, 1.165) is 13.1 Å². The van der Waals surface area contributed by atoms with E-state index in [0.29, 0.717) is 0 Å². The van der Waals surface area contributed by atoms with Crippen LogP contribution in [0.1, 0.15) is 19.4 Å². The van der Waals surface area contributed by atoms with E-state index in [2.05, 4.69) is 54.1 Å². The SMILES string of the molecule is CCN(CC)c1ccc(/C=C/C=NC)cc1. The summed E-state index contributed by atoms with van der Waals surface area (Å²) in [6, 6.07) is 8.59. The van der Waals surface area contributed by atoms with Gasteiger partial charge in [-0.25, -0.2) is 0 Å². The third-order valence-corrected chi connectivity index (χ3v) is 2.55. The minimum absolute atomic E-state index is 1.05. The lowest BCUT2D eigenvalue weighted by atomic mass is 10.2. The van der Waals surface area contributed by atoms with Gasteiger partial charge in [-0.15, -0.1) is 0 Å². The molecule has 0 heterocycles. The molecule has 0 spiro atoms. The van der Waals surface area contributed by atoms with Crippen LogP contribution in [0.25, 0.3) is 6.08 Å². The van der Waals surface area contributed by atoms with Crippen molar-refractivity contribution in [3.05, 3.63) is 35.9 Å². The van der Waals surface area contributed by atoms with E-state index in [1.165, 1.54) is 11.3 Å². The first-order valence-electron chi connectivity index (χ1n) is 5.75. The van der Waals surface area contributed by atoms with E-state index in [-0.39, 0.29) is 0 Å². The molecule has 0 radical (unpaired) electrons. The molecule has 1 rings (SSSR count). The molecule has 0 aliphatic heterocycles. The van der Waals surface area contributed by atoms with Crippen LogP contribution in [0.2, 0.25) is 0 Å². The molecule has 0 atom stereocenters. The molecule has 0 saturated heterocycles. The van der Waals surface area contributed by atoms with Crippen LogP contribution in [0.5, 0.6) is 0 Å². The molecule has 0 aliphatic carbocycles. The molecule has 1 aromatic rings. The van der Waals surface area contributed by atoms with Gasteiger partial charge in [0.05, 0.1) is 0 Å². The smallest absolute Gasteiger partial charge is 0.0366 e. The lowest BCUT2D eigenvalue weighted by Crippen LogP contribution is -2.21. The summed E-state index contributed by atoms with van der Waals surface area (Å²) in [6.07, 6.45) is 5.80. The van der Waals surface area contributed by atoms with Crippen LogP contribution < -0.4 is 4.90 Å². The second kappa shape index (κ2) is 6.83. The maximum Gasteiger partial charge on any atom is 0.0366 e. The molecular formula is C14H20N2. The first-order valence-corrected chi connectivity index (χ1v) is 5.75. The van der Waals surface area contributed by atoms with Gasteiger partial charge in [0, 0.05) is 32.0 Å². The average Bonchev–Trinajstić information content (AvgIpc) is 2.33. The number of benzene rings is 1. The fourth-order valence-corrected chi connectivity index (χ4v) is 1.63. The van der Waals surface area contributed by atoms with E-state index in [9.17, 15) is 0 Å².